The van der Waals surface area contributed by atoms with E-state index in [1.165, 1.54) is 24.0 Å². The molecule has 0 bridgehead atoms. The van der Waals surface area contributed by atoms with Crippen molar-refractivity contribution < 1.29 is 26.2 Å². The van der Waals surface area contributed by atoms with Gasteiger partial charge in [-0.05, 0) is 8.95 Å². The van der Waals surface area contributed by atoms with Crippen LogP contribution in [0.5, 0.6) is 0 Å². The van der Waals surface area contributed by atoms with Crippen molar-refractivity contribution in [2.75, 3.05) is 0 Å². The van der Waals surface area contributed by atoms with Gasteiger partial charge in [0.05, 0.1) is 0 Å². The molecule has 0 amide bonds. The van der Waals surface area contributed by atoms with Crippen molar-refractivity contribution in [3.8, 4) is 0 Å². The third-order valence-electron chi connectivity index (χ3n) is 4.92. The van der Waals surface area contributed by atoms with E-state index < -0.39 is 0 Å². The number of benzene rings is 2. The summed E-state index contributed by atoms with van der Waals surface area (Å²) in [6.07, 6.45) is 31.8. The Morgan fingerprint density at radius 1 is 0.606 bits per heavy atom. The molecule has 5 rings (SSSR count). The Kier molecular flexibility index (Phi) is 13.9. The maximum Gasteiger partial charge on any atom is 4.00 e. The van der Waals surface area contributed by atoms with Crippen LogP contribution in [0.2, 0.25) is 0 Å². The van der Waals surface area contributed by atoms with Gasteiger partial charge in [0.15, 0.2) is 0 Å². The molecular weight excluding hydrogens is 611 g/mol. The van der Waals surface area contributed by atoms with E-state index in [4.69, 9.17) is 0 Å². The molecular formula is C30H26Br2Zr. The molecule has 3 aliphatic rings. The Morgan fingerprint density at radius 3 is 1.27 bits per heavy atom. The molecule has 2 aromatic carbocycles. The van der Waals surface area contributed by atoms with Crippen molar-refractivity contribution >= 4 is 31.9 Å². The van der Waals surface area contributed by atoms with Crippen LogP contribution in [-0.4, -0.2) is 0 Å². The normalized spacial score (nSPS) is 17.9. The topological polar surface area (TPSA) is 0 Å². The molecule has 0 nitrogen and oxygen atoms in total. The molecule has 0 heterocycles. The maximum atomic E-state index is 3.58. The molecule has 1 saturated carbocycles. The van der Waals surface area contributed by atoms with Gasteiger partial charge in [-0.3, -0.25) is 12.2 Å². The van der Waals surface area contributed by atoms with Gasteiger partial charge in [-0.2, -0.15) is 35.4 Å². The fraction of sp³-hybridized carbons (Fsp3) is 0.200. The van der Waals surface area contributed by atoms with Crippen LogP contribution in [0.25, 0.3) is 0 Å². The van der Waals surface area contributed by atoms with Crippen LogP contribution >= 0.6 is 31.9 Å². The van der Waals surface area contributed by atoms with Crippen LogP contribution in [0.4, 0.5) is 0 Å². The second kappa shape index (κ2) is 16.4. The predicted octanol–water partition coefficient (Wildman–Crippen LogP) is 9.25. The second-order valence-corrected chi connectivity index (χ2v) is 9.27. The van der Waals surface area contributed by atoms with Crippen LogP contribution in [0, 0.1) is 24.3 Å². The zero-order valence-corrected chi connectivity index (χ0v) is 24.2. The van der Waals surface area contributed by atoms with Crippen LogP contribution in [-0.2, 0) is 26.2 Å². The van der Waals surface area contributed by atoms with E-state index in [2.05, 4.69) is 117 Å². The molecule has 1 fully saturated rings. The minimum absolute atomic E-state index is 0. The molecule has 0 radical (unpaired) electrons. The quantitative estimate of drug-likeness (QED) is 0.288. The smallest absolute Gasteiger partial charge is 0.273 e. The van der Waals surface area contributed by atoms with Crippen molar-refractivity contribution in [3.63, 3.8) is 0 Å². The first-order valence-electron chi connectivity index (χ1n) is 10.9. The van der Waals surface area contributed by atoms with Crippen molar-refractivity contribution in [2.45, 2.75) is 38.5 Å². The van der Waals surface area contributed by atoms with E-state index in [9.17, 15) is 0 Å². The number of rotatable bonds is 2. The fourth-order valence-corrected chi connectivity index (χ4v) is 3.81. The molecule has 3 heteroatoms. The SMILES string of the molecule is Brc1ccc([C-]=C2CCCCC2=[C-]c2ccc(Br)cc2)cc1.[C-]1=CC=CC1.[C-]1=CC=CC1.[Zr+4]. The minimum atomic E-state index is 0. The fourth-order valence-electron chi connectivity index (χ4n) is 3.28. The van der Waals surface area contributed by atoms with Crippen LogP contribution < -0.4 is 0 Å². The second-order valence-electron chi connectivity index (χ2n) is 7.43. The Labute approximate surface area is 235 Å². The van der Waals surface area contributed by atoms with E-state index in [0.717, 1.165) is 45.8 Å². The molecule has 0 aliphatic heterocycles. The van der Waals surface area contributed by atoms with Crippen molar-refractivity contribution in [2.24, 2.45) is 0 Å². The molecule has 0 unspecified atom stereocenters. The number of hydrogen-bond donors (Lipinski definition) is 0. The third-order valence-corrected chi connectivity index (χ3v) is 5.98. The van der Waals surface area contributed by atoms with E-state index in [-0.39, 0.29) is 26.2 Å². The first-order valence-corrected chi connectivity index (χ1v) is 12.5. The number of halogens is 2. The van der Waals surface area contributed by atoms with E-state index in [1.807, 2.05) is 24.3 Å². The summed E-state index contributed by atoms with van der Waals surface area (Å²) in [6, 6.07) is 16.7. The van der Waals surface area contributed by atoms with Gasteiger partial charge in [0.2, 0.25) is 0 Å². The molecule has 0 N–H and O–H groups in total. The maximum absolute atomic E-state index is 3.58. The summed E-state index contributed by atoms with van der Waals surface area (Å²) in [5.74, 6) is 0. The zero-order valence-electron chi connectivity index (χ0n) is 18.6. The standard InChI is InChI=1S/C20H16Br2.2C5H5.Zr/c21-19-9-5-15(6-10-19)13-17-3-1-2-4-18(17)14-16-7-11-20(22)12-8-16;2*1-2-4-5-3-1;/h5-12H,1-4H2;2*1-3H,4H2;/q-2;2*-1;+4. The largest absolute Gasteiger partial charge is 4.00 e. The van der Waals surface area contributed by atoms with Gasteiger partial charge >= 0.3 is 26.2 Å². The van der Waals surface area contributed by atoms with Gasteiger partial charge in [0.25, 0.3) is 0 Å². The summed E-state index contributed by atoms with van der Waals surface area (Å²) >= 11 is 6.95. The van der Waals surface area contributed by atoms with Crippen molar-refractivity contribution in [3.05, 3.63) is 141 Å². The van der Waals surface area contributed by atoms with Crippen LogP contribution in [0.1, 0.15) is 49.7 Å². The van der Waals surface area contributed by atoms with Crippen molar-refractivity contribution in [1.29, 1.82) is 0 Å². The Morgan fingerprint density at radius 2 is 1.00 bits per heavy atom. The molecule has 0 spiro atoms. The number of hydrogen-bond acceptors (Lipinski definition) is 0. The molecule has 0 aromatic heterocycles. The van der Waals surface area contributed by atoms with Gasteiger partial charge in [0.1, 0.15) is 0 Å². The van der Waals surface area contributed by atoms with Gasteiger partial charge in [-0.1, -0.05) is 81.8 Å². The Balaban J connectivity index is 0.000000288. The monoisotopic (exact) mass is 634 g/mol. The van der Waals surface area contributed by atoms with Crippen molar-refractivity contribution in [1.82, 2.24) is 0 Å². The molecule has 33 heavy (non-hydrogen) atoms. The van der Waals surface area contributed by atoms with E-state index >= 15 is 0 Å². The van der Waals surface area contributed by atoms with E-state index in [1.54, 1.807) is 0 Å². The molecule has 164 valence electrons. The Hall–Kier alpha value is -1.28. The van der Waals surface area contributed by atoms with Gasteiger partial charge in [0, 0.05) is 0 Å². The summed E-state index contributed by atoms with van der Waals surface area (Å²) < 4.78 is 2.20. The van der Waals surface area contributed by atoms with Gasteiger partial charge < -0.3 is 0 Å². The minimum Gasteiger partial charge on any atom is -0.273 e. The summed E-state index contributed by atoms with van der Waals surface area (Å²) in [4.78, 5) is 0. The molecule has 3 aliphatic carbocycles. The van der Waals surface area contributed by atoms with Gasteiger partial charge in [-0.15, -0.1) is 37.1 Å². The third kappa shape index (κ3) is 11.1. The average molecular weight is 638 g/mol. The molecule has 2 aromatic rings. The predicted molar refractivity (Wildman–Crippen MR) is 142 cm³/mol. The van der Waals surface area contributed by atoms with Crippen LogP contribution in [0.3, 0.4) is 0 Å². The zero-order chi connectivity index (χ0) is 22.4. The first kappa shape index (κ1) is 28.0. The van der Waals surface area contributed by atoms with Gasteiger partial charge in [-0.25, -0.2) is 35.5 Å². The molecule has 0 saturated heterocycles. The summed E-state index contributed by atoms with van der Waals surface area (Å²) in [5.41, 5.74) is 4.87. The summed E-state index contributed by atoms with van der Waals surface area (Å²) in [7, 11) is 0. The Bertz CT molecular complexity index is 914. The van der Waals surface area contributed by atoms with E-state index in [0.29, 0.717) is 0 Å². The summed E-state index contributed by atoms with van der Waals surface area (Å²) in [6.45, 7) is 0. The first-order chi connectivity index (χ1) is 15.7. The molecule has 0 atom stereocenters. The van der Waals surface area contributed by atoms with Crippen LogP contribution in [0.15, 0.2) is 105 Å². The summed E-state index contributed by atoms with van der Waals surface area (Å²) in [5, 5.41) is 0. The average Bonchev–Trinajstić information content (AvgIpc) is 3.58. The number of allylic oxidation sites excluding steroid dienone is 10.